The summed E-state index contributed by atoms with van der Waals surface area (Å²) in [5.41, 5.74) is 7.05. The summed E-state index contributed by atoms with van der Waals surface area (Å²) in [6.45, 7) is 5.96. The molecular formula is C35H37N3O8. The van der Waals surface area contributed by atoms with Crippen LogP contribution in [-0.4, -0.2) is 55.7 Å². The number of aliphatic hydroxyl groups excluding tert-OH is 1. The van der Waals surface area contributed by atoms with Crippen molar-refractivity contribution in [3.8, 4) is 17.2 Å². The Morgan fingerprint density at radius 3 is 1.89 bits per heavy atom. The van der Waals surface area contributed by atoms with E-state index in [9.17, 15) is 40.2 Å². The molecule has 0 atom stereocenters. The van der Waals surface area contributed by atoms with E-state index in [0.29, 0.717) is 56.0 Å². The van der Waals surface area contributed by atoms with E-state index >= 15 is 0 Å². The van der Waals surface area contributed by atoms with Crippen LogP contribution in [0.4, 0.5) is 17.1 Å². The predicted molar refractivity (Wildman–Crippen MR) is 173 cm³/mol. The molecular weight excluding hydrogens is 590 g/mol. The van der Waals surface area contributed by atoms with Gasteiger partial charge in [-0.3, -0.25) is 9.59 Å². The van der Waals surface area contributed by atoms with Gasteiger partial charge in [0, 0.05) is 35.2 Å². The monoisotopic (exact) mass is 627 g/mol. The first-order valence-corrected chi connectivity index (χ1v) is 14.5. The number of aliphatic hydroxyl groups is 1. The van der Waals surface area contributed by atoms with Gasteiger partial charge < -0.3 is 35.5 Å². The molecule has 0 aromatic heterocycles. The largest absolute Gasteiger partial charge is 0.507 e. The van der Waals surface area contributed by atoms with Gasteiger partial charge in [0.1, 0.15) is 30.3 Å². The van der Waals surface area contributed by atoms with Gasteiger partial charge in [0.05, 0.1) is 18.0 Å². The summed E-state index contributed by atoms with van der Waals surface area (Å²) in [5, 5.41) is 69.6. The minimum atomic E-state index is -1.16. The molecule has 0 unspecified atom stereocenters. The molecule has 0 aliphatic carbocycles. The Morgan fingerprint density at radius 1 is 0.696 bits per heavy atom. The summed E-state index contributed by atoms with van der Waals surface area (Å²) in [4.78, 5) is 23.7. The number of azo groups is 1. The Bertz CT molecular complexity index is 1800. The van der Waals surface area contributed by atoms with E-state index < -0.39 is 25.0 Å². The summed E-state index contributed by atoms with van der Waals surface area (Å²) in [6.07, 6.45) is 0.475. The van der Waals surface area contributed by atoms with Crippen LogP contribution in [0.25, 0.3) is 0 Å². The van der Waals surface area contributed by atoms with E-state index in [2.05, 4.69) is 10.2 Å². The lowest BCUT2D eigenvalue weighted by atomic mass is 9.91. The molecule has 0 aliphatic rings. The number of nitrogens with zero attached hydrogens (tertiary/aromatic N) is 3. The highest BCUT2D eigenvalue weighted by molar-refractivity contribution is 5.79. The first kappa shape index (κ1) is 33.5. The van der Waals surface area contributed by atoms with Crippen LogP contribution in [0.3, 0.4) is 0 Å². The molecule has 0 saturated heterocycles. The summed E-state index contributed by atoms with van der Waals surface area (Å²) < 4.78 is 0. The number of hydrogen-bond donors (Lipinski definition) is 6. The number of anilines is 1. The van der Waals surface area contributed by atoms with Gasteiger partial charge in [-0.2, -0.15) is 10.2 Å². The van der Waals surface area contributed by atoms with E-state index in [1.807, 2.05) is 26.0 Å². The van der Waals surface area contributed by atoms with Gasteiger partial charge in [-0.25, -0.2) is 0 Å². The first-order chi connectivity index (χ1) is 21.8. The van der Waals surface area contributed by atoms with Crippen LogP contribution in [0, 0.1) is 27.7 Å². The highest BCUT2D eigenvalue weighted by Crippen LogP contribution is 2.39. The number of carboxylic acid groups (broad SMARTS) is 2. The van der Waals surface area contributed by atoms with E-state index in [1.54, 1.807) is 56.3 Å². The third-order valence-corrected chi connectivity index (χ3v) is 7.77. The summed E-state index contributed by atoms with van der Waals surface area (Å²) in [7, 11) is 0. The Hall–Kier alpha value is -5.42. The number of rotatable bonds is 12. The molecule has 0 saturated carbocycles. The van der Waals surface area contributed by atoms with E-state index in [4.69, 9.17) is 0 Å². The van der Waals surface area contributed by atoms with Gasteiger partial charge in [0.15, 0.2) is 0 Å². The maximum atomic E-state index is 11.5. The third-order valence-electron chi connectivity index (χ3n) is 7.77. The topological polar surface area (TPSA) is 183 Å². The van der Waals surface area contributed by atoms with Gasteiger partial charge in [0.25, 0.3) is 0 Å². The van der Waals surface area contributed by atoms with Crippen molar-refractivity contribution in [3.05, 3.63) is 105 Å². The fourth-order valence-electron chi connectivity index (χ4n) is 5.48. The number of carboxylic acids is 2. The Kier molecular flexibility index (Phi) is 10.3. The lowest BCUT2D eigenvalue weighted by Gasteiger charge is -2.20. The second-order valence-corrected chi connectivity index (χ2v) is 11.4. The average Bonchev–Trinajstić information content (AvgIpc) is 2.99. The number of aromatic hydroxyl groups is 3. The Balaban J connectivity index is 1.76. The van der Waals surface area contributed by atoms with E-state index in [0.717, 1.165) is 11.1 Å². The molecule has 0 bridgehead atoms. The number of aryl methyl sites for hydroxylation is 3. The van der Waals surface area contributed by atoms with Crippen LogP contribution in [-0.2, 0) is 29.0 Å². The van der Waals surface area contributed by atoms with Crippen LogP contribution >= 0.6 is 0 Å². The van der Waals surface area contributed by atoms with Gasteiger partial charge >= 0.3 is 11.9 Å². The van der Waals surface area contributed by atoms with E-state index in [-0.39, 0.29) is 36.7 Å². The fraction of sp³-hybridized carbons (Fsp3) is 0.257. The molecule has 0 amide bonds. The molecule has 11 nitrogen and oxygen atoms in total. The van der Waals surface area contributed by atoms with Crippen molar-refractivity contribution in [1.82, 2.24) is 0 Å². The number of phenolic OH excluding ortho intramolecular Hbond substituents is 2. The average molecular weight is 628 g/mol. The highest BCUT2D eigenvalue weighted by atomic mass is 16.4. The molecule has 4 aromatic rings. The number of carbonyl (C=O) groups is 2. The number of benzene rings is 4. The quantitative estimate of drug-likeness (QED) is 0.101. The Morgan fingerprint density at radius 2 is 1.28 bits per heavy atom. The molecule has 46 heavy (non-hydrogen) atoms. The second-order valence-electron chi connectivity index (χ2n) is 11.4. The van der Waals surface area contributed by atoms with Crippen molar-refractivity contribution < 1.29 is 40.2 Å². The second kappa shape index (κ2) is 14.1. The van der Waals surface area contributed by atoms with Gasteiger partial charge in [-0.05, 0) is 91.9 Å². The fourth-order valence-corrected chi connectivity index (χ4v) is 5.48. The first-order valence-electron chi connectivity index (χ1n) is 14.5. The van der Waals surface area contributed by atoms with Crippen LogP contribution in [0.2, 0.25) is 0 Å². The molecule has 0 aliphatic heterocycles. The van der Waals surface area contributed by atoms with Crippen molar-refractivity contribution >= 4 is 29.0 Å². The smallest absolute Gasteiger partial charge is 0.323 e. The molecule has 4 aromatic carbocycles. The standard InChI is InChI=1S/C35H37N3O8/c1-19-9-20(2)33(44)24(10-19)14-29-22(4)30(15-25(35(29)46)12-23-11-21(3)34(45)26(13-23)18-39)37-36-27-5-7-28(8-6-27)38(16-31(40)41)17-32(42)43/h5-11,13,15,39,44-46H,12,14,16-18H2,1-4H3,(H,40,41)(H,42,43). The molecule has 0 radical (unpaired) electrons. The summed E-state index contributed by atoms with van der Waals surface area (Å²) >= 11 is 0. The van der Waals surface area contributed by atoms with Crippen molar-refractivity contribution in [3.63, 3.8) is 0 Å². The van der Waals surface area contributed by atoms with Crippen LogP contribution in [0.15, 0.2) is 64.8 Å². The molecule has 11 heteroatoms. The van der Waals surface area contributed by atoms with Crippen LogP contribution < -0.4 is 4.90 Å². The highest BCUT2D eigenvalue weighted by Gasteiger charge is 2.19. The minimum absolute atomic E-state index is 0.0138. The van der Waals surface area contributed by atoms with Gasteiger partial charge in [-0.1, -0.05) is 23.8 Å². The molecule has 0 heterocycles. The third kappa shape index (κ3) is 7.80. The van der Waals surface area contributed by atoms with Crippen LogP contribution in [0.1, 0.15) is 50.1 Å². The number of phenols is 3. The number of hydrogen-bond acceptors (Lipinski definition) is 9. The van der Waals surface area contributed by atoms with E-state index in [1.165, 1.54) is 4.90 Å². The zero-order chi connectivity index (χ0) is 33.7. The lowest BCUT2D eigenvalue weighted by molar-refractivity contribution is -0.136. The van der Waals surface area contributed by atoms with Crippen LogP contribution in [0.5, 0.6) is 17.2 Å². The molecule has 4 rings (SSSR count). The summed E-state index contributed by atoms with van der Waals surface area (Å²) in [5.74, 6) is -2.14. The van der Waals surface area contributed by atoms with Gasteiger partial charge in [0.2, 0.25) is 0 Å². The summed E-state index contributed by atoms with van der Waals surface area (Å²) in [6, 6.07) is 15.2. The molecule has 240 valence electrons. The van der Waals surface area contributed by atoms with Gasteiger partial charge in [-0.15, -0.1) is 0 Å². The minimum Gasteiger partial charge on any atom is -0.507 e. The number of aliphatic carboxylic acids is 2. The van der Waals surface area contributed by atoms with Crippen molar-refractivity contribution in [1.29, 1.82) is 0 Å². The Labute approximate surface area is 266 Å². The normalized spacial score (nSPS) is 11.2. The van der Waals surface area contributed by atoms with Crippen molar-refractivity contribution in [2.75, 3.05) is 18.0 Å². The maximum Gasteiger partial charge on any atom is 0.323 e. The van der Waals surface area contributed by atoms with Crippen molar-refractivity contribution in [2.24, 2.45) is 10.2 Å². The zero-order valence-electron chi connectivity index (χ0n) is 26.1. The predicted octanol–water partition coefficient (Wildman–Crippen LogP) is 6.10. The maximum absolute atomic E-state index is 11.5. The van der Waals surface area contributed by atoms with Crippen molar-refractivity contribution in [2.45, 2.75) is 47.1 Å². The molecule has 0 fully saturated rings. The zero-order valence-corrected chi connectivity index (χ0v) is 26.1. The molecule has 0 spiro atoms. The molecule has 6 N–H and O–H groups in total. The SMILES string of the molecule is Cc1cc(C)c(O)c(Cc2c(C)c(N=Nc3ccc(N(CC(=O)O)CC(=O)O)cc3)cc(Cc3cc(C)c(O)c(CO)c3)c2O)c1. The lowest BCUT2D eigenvalue weighted by Crippen LogP contribution is -2.34.